The van der Waals surface area contributed by atoms with Crippen LogP contribution in [0.15, 0.2) is 4.99 Å². The van der Waals surface area contributed by atoms with Crippen LogP contribution in [-0.4, -0.2) is 87.9 Å². The number of nitrogens with zero attached hydrogens (tertiary/aromatic N) is 2. The predicted molar refractivity (Wildman–Crippen MR) is 154 cm³/mol. The van der Waals surface area contributed by atoms with Crippen LogP contribution < -0.4 is 5.32 Å². The van der Waals surface area contributed by atoms with E-state index in [0.29, 0.717) is 32.2 Å². The van der Waals surface area contributed by atoms with Crippen LogP contribution in [0, 0.1) is 0 Å². The molecule has 10 nitrogen and oxygen atoms in total. The van der Waals surface area contributed by atoms with Gasteiger partial charge in [-0.05, 0) is 0 Å². The molecular formula is C24H44F6N3O7PS2. The van der Waals surface area contributed by atoms with Gasteiger partial charge >= 0.3 is 240 Å². The maximum atomic E-state index is 14.1. The van der Waals surface area contributed by atoms with Gasteiger partial charge in [-0.25, -0.2) is 4.79 Å². The molecule has 1 amide bonds. The molecule has 0 saturated heterocycles. The Bertz CT molecular complexity index is 1060. The van der Waals surface area contributed by atoms with E-state index in [1.165, 1.54) is 6.08 Å². The van der Waals surface area contributed by atoms with Crippen molar-refractivity contribution in [2.75, 3.05) is 44.3 Å². The number of hydrogen-bond donors (Lipinski definition) is 1. The van der Waals surface area contributed by atoms with Crippen molar-refractivity contribution in [1.82, 2.24) is 8.80 Å². The molecule has 0 fully saturated rings. The van der Waals surface area contributed by atoms with Gasteiger partial charge in [0, 0.05) is 0 Å². The van der Waals surface area contributed by atoms with E-state index in [9.17, 15) is 52.8 Å². The Morgan fingerprint density at radius 3 is 1.60 bits per heavy atom. The Hall–Kier alpha value is -1.48. The van der Waals surface area contributed by atoms with E-state index >= 15 is 0 Å². The summed E-state index contributed by atoms with van der Waals surface area (Å²) in [4.78, 5) is 25.8. The number of unbranched alkanes of at least 4 members (excludes halogenated alkanes) is 6. The number of alkyl carbamates (subject to hydrolysis) is 1. The number of amides is 1. The number of aliphatic imine (C=N–C) groups is 1. The molecule has 19 heteroatoms. The average Bonchev–Trinajstić information content (AvgIpc) is 2.90. The zero-order chi connectivity index (χ0) is 33.5. The topological polar surface area (TPSA) is 139 Å². The van der Waals surface area contributed by atoms with E-state index in [-0.39, 0.29) is 45.1 Å². The molecule has 1 N–H and O–H groups in total. The number of isocyanates is 1. The molecule has 0 unspecified atom stereocenters. The van der Waals surface area contributed by atoms with Gasteiger partial charge in [-0.15, -0.1) is 0 Å². The molecule has 0 aliphatic carbocycles. The SMILES string of the molecule is CCCCP(CCCC)(CCCC)(CCOC(=O)NCCCCCCN=C=O)N(S(=O)(=O)C(F)(F)F)S(=O)(=O)C(F)(F)F. The van der Waals surface area contributed by atoms with Crippen molar-refractivity contribution in [2.24, 2.45) is 4.99 Å². The van der Waals surface area contributed by atoms with Crippen LogP contribution >= 0.6 is 6.75 Å². The Labute approximate surface area is 250 Å². The van der Waals surface area contributed by atoms with Crippen molar-refractivity contribution in [2.45, 2.75) is 96.0 Å². The summed E-state index contributed by atoms with van der Waals surface area (Å²) in [5.74, 6) is 0. The molecule has 0 radical (unpaired) electrons. The number of nitrogens with one attached hydrogen (secondary N) is 1. The zero-order valence-electron chi connectivity index (χ0n) is 24.8. The van der Waals surface area contributed by atoms with Crippen LogP contribution in [0.4, 0.5) is 31.1 Å². The average molecular weight is 696 g/mol. The predicted octanol–water partition coefficient (Wildman–Crippen LogP) is 6.48. The van der Waals surface area contributed by atoms with Crippen LogP contribution in [0.2, 0.25) is 0 Å². The first kappa shape index (κ1) is 41.5. The van der Waals surface area contributed by atoms with Crippen LogP contribution in [0.25, 0.3) is 0 Å². The number of sulfonamides is 2. The minimum atomic E-state index is -7.07. The fraction of sp³-hybridized carbons (Fsp3) is 0.917. The number of carbonyl (C=O) groups is 1. The molecule has 0 rings (SSSR count). The second kappa shape index (κ2) is 17.9. The summed E-state index contributed by atoms with van der Waals surface area (Å²) in [6, 6.07) is 0. The van der Waals surface area contributed by atoms with Gasteiger partial charge in [0.1, 0.15) is 0 Å². The van der Waals surface area contributed by atoms with Crippen LogP contribution in [0.1, 0.15) is 85.0 Å². The third-order valence-electron chi connectivity index (χ3n) is 7.15. The van der Waals surface area contributed by atoms with Gasteiger partial charge in [0.05, 0.1) is 0 Å². The molecule has 0 bridgehead atoms. The Balaban J connectivity index is 6.72. The van der Waals surface area contributed by atoms with Crippen LogP contribution in [-0.2, 0) is 29.6 Å². The molecule has 0 atom stereocenters. The number of ether oxygens (including phenoxy) is 1. The zero-order valence-corrected chi connectivity index (χ0v) is 27.3. The van der Waals surface area contributed by atoms with E-state index in [1.54, 1.807) is 20.8 Å². The minimum absolute atomic E-state index is 0.0487. The summed E-state index contributed by atoms with van der Waals surface area (Å²) < 4.78 is 140. The second-order valence-corrected chi connectivity index (χ2v) is 20.7. The second-order valence-electron chi connectivity index (χ2n) is 10.4. The maximum absolute atomic E-state index is 14.1. The molecular weight excluding hydrogens is 651 g/mol. The third kappa shape index (κ3) is 11.4. The van der Waals surface area contributed by atoms with Crippen molar-refractivity contribution in [3.8, 4) is 0 Å². The first-order chi connectivity index (χ1) is 19.8. The monoisotopic (exact) mass is 695 g/mol. The van der Waals surface area contributed by atoms with Crippen LogP contribution in [0.5, 0.6) is 0 Å². The molecule has 0 aliphatic rings. The summed E-state index contributed by atoms with van der Waals surface area (Å²) in [6.07, 6.45) is 1.01. The number of halogens is 6. The number of carbonyl (C=O) groups excluding carboxylic acids is 2. The van der Waals surface area contributed by atoms with E-state index in [2.05, 4.69) is 10.3 Å². The fourth-order valence-corrected chi connectivity index (χ4v) is 20.1. The van der Waals surface area contributed by atoms with Gasteiger partial charge in [0.25, 0.3) is 0 Å². The summed E-state index contributed by atoms with van der Waals surface area (Å²) in [7, 11) is -14.1. The first-order valence-corrected chi connectivity index (χ1v) is 20.0. The molecule has 0 aliphatic heterocycles. The third-order valence-corrected chi connectivity index (χ3v) is 21.0. The molecule has 0 saturated carbocycles. The van der Waals surface area contributed by atoms with Gasteiger partial charge in [0.15, 0.2) is 0 Å². The number of rotatable bonds is 22. The van der Waals surface area contributed by atoms with Crippen molar-refractivity contribution < 1.29 is 57.5 Å². The van der Waals surface area contributed by atoms with E-state index < -0.39 is 78.6 Å². The Morgan fingerprint density at radius 2 is 1.21 bits per heavy atom. The van der Waals surface area contributed by atoms with E-state index in [1.807, 2.05) is 0 Å². The summed E-state index contributed by atoms with van der Waals surface area (Å²) in [6.45, 7) is -0.897. The van der Waals surface area contributed by atoms with Crippen LogP contribution in [0.3, 0.4) is 0 Å². The van der Waals surface area contributed by atoms with Gasteiger partial charge in [0.2, 0.25) is 6.08 Å². The summed E-state index contributed by atoms with van der Waals surface area (Å²) >= 11 is 0. The van der Waals surface area contributed by atoms with Crippen molar-refractivity contribution >= 4 is 39.0 Å². The van der Waals surface area contributed by atoms with E-state index in [0.717, 1.165) is 0 Å². The summed E-state index contributed by atoms with van der Waals surface area (Å²) in [5, 5.41) is 2.41. The van der Waals surface area contributed by atoms with Crippen molar-refractivity contribution in [3.63, 3.8) is 0 Å². The quantitative estimate of drug-likeness (QED) is 0.0450. The van der Waals surface area contributed by atoms with Gasteiger partial charge < -0.3 is 0 Å². The molecule has 0 heterocycles. The molecule has 0 aromatic carbocycles. The fourth-order valence-electron chi connectivity index (χ4n) is 4.93. The van der Waals surface area contributed by atoms with Gasteiger partial charge in [-0.1, -0.05) is 0 Å². The molecule has 0 aromatic heterocycles. The van der Waals surface area contributed by atoms with E-state index in [4.69, 9.17) is 4.74 Å². The Kier molecular flexibility index (Phi) is 17.2. The number of alkyl halides is 6. The molecule has 256 valence electrons. The normalized spacial score (nSPS) is 14.1. The van der Waals surface area contributed by atoms with Gasteiger partial charge in [-0.3, -0.25) is 0 Å². The summed E-state index contributed by atoms with van der Waals surface area (Å²) in [5.41, 5.74) is -12.7. The molecule has 0 spiro atoms. The molecule has 0 aromatic rings. The first-order valence-electron chi connectivity index (χ1n) is 14.2. The Morgan fingerprint density at radius 1 is 0.767 bits per heavy atom. The number of hydrogen-bond acceptors (Lipinski definition) is 8. The molecule has 43 heavy (non-hydrogen) atoms. The van der Waals surface area contributed by atoms with Gasteiger partial charge in [-0.2, -0.15) is 0 Å². The standard InChI is InChI=1S/C24H44F6N3O7PS2/c1-4-7-17-41(18-8-5-2,19-9-6-3,20-16-40-22(35)32-15-13-11-10-12-14-31-21-34)33(42(36,37)23(25,26)27)43(38,39)24(28,29)30/h4-20H2,1-3H3,(H,32,35). The van der Waals surface area contributed by atoms with Crippen molar-refractivity contribution in [1.29, 1.82) is 0 Å². The van der Waals surface area contributed by atoms with Crippen molar-refractivity contribution in [3.05, 3.63) is 0 Å².